The van der Waals surface area contributed by atoms with Gasteiger partial charge in [-0.1, -0.05) is 0 Å². The predicted molar refractivity (Wildman–Crippen MR) is 26.8 cm³/mol. The Balaban J connectivity index is 2.83. The van der Waals surface area contributed by atoms with Crippen LogP contribution in [-0.2, 0) is 0 Å². The highest BCUT2D eigenvalue weighted by Crippen LogP contribution is 1.90. The molecule has 0 saturated heterocycles. The van der Waals surface area contributed by atoms with Crippen LogP contribution in [0.1, 0.15) is 0 Å². The normalized spacial score (nSPS) is 8.62. The van der Waals surface area contributed by atoms with Crippen LogP contribution in [0.3, 0.4) is 0 Å². The third kappa shape index (κ3) is 0.900. The standard InChI is InChI=1S/C4H4FN3/c5-8-4-6-2-1-3-7-4/h1-3H,(H,6,7,8). The van der Waals surface area contributed by atoms with Gasteiger partial charge in [-0.25, -0.2) is 9.97 Å². The molecular formula is C4H4FN3. The van der Waals surface area contributed by atoms with E-state index in [2.05, 4.69) is 9.97 Å². The van der Waals surface area contributed by atoms with Gasteiger partial charge in [-0.15, -0.1) is 4.48 Å². The molecule has 0 aliphatic rings. The summed E-state index contributed by atoms with van der Waals surface area (Å²) in [5.41, 5.74) is 1.30. The third-order valence-electron chi connectivity index (χ3n) is 0.650. The molecule has 0 aliphatic carbocycles. The molecule has 0 bridgehead atoms. The van der Waals surface area contributed by atoms with Crippen LogP contribution in [0.2, 0.25) is 0 Å². The molecule has 4 heteroatoms. The largest absolute Gasteiger partial charge is 0.251 e. The molecule has 1 heterocycles. The fourth-order valence-corrected chi connectivity index (χ4v) is 0.348. The molecule has 0 amide bonds. The summed E-state index contributed by atoms with van der Waals surface area (Å²) in [5, 5.41) is 0. The Labute approximate surface area is 45.5 Å². The molecule has 0 spiro atoms. The van der Waals surface area contributed by atoms with E-state index in [1.165, 1.54) is 17.9 Å². The summed E-state index contributed by atoms with van der Waals surface area (Å²) < 4.78 is 11.4. The number of nitrogens with zero attached hydrogens (tertiary/aromatic N) is 2. The first kappa shape index (κ1) is 4.96. The lowest BCUT2D eigenvalue weighted by Crippen LogP contribution is -1.87. The molecule has 0 fully saturated rings. The number of rotatable bonds is 1. The predicted octanol–water partition coefficient (Wildman–Crippen LogP) is 0.773. The van der Waals surface area contributed by atoms with Crippen LogP contribution in [0.25, 0.3) is 0 Å². The number of nitrogens with one attached hydrogen (secondary N) is 1. The molecule has 0 atom stereocenters. The maximum atomic E-state index is 11.4. The molecule has 0 aromatic carbocycles. The van der Waals surface area contributed by atoms with Gasteiger partial charge in [0.1, 0.15) is 0 Å². The minimum absolute atomic E-state index is 0.00694. The van der Waals surface area contributed by atoms with E-state index in [4.69, 9.17) is 0 Å². The first-order valence-electron chi connectivity index (χ1n) is 2.07. The zero-order valence-electron chi connectivity index (χ0n) is 4.00. The Morgan fingerprint density at radius 2 is 2.00 bits per heavy atom. The SMILES string of the molecule is FNc1ncccn1. The molecule has 0 radical (unpaired) electrons. The molecule has 1 N–H and O–H groups in total. The quantitative estimate of drug-likeness (QED) is 0.546. The van der Waals surface area contributed by atoms with E-state index in [0.717, 1.165) is 0 Å². The molecule has 42 valence electrons. The van der Waals surface area contributed by atoms with Crippen molar-refractivity contribution >= 4 is 5.95 Å². The summed E-state index contributed by atoms with van der Waals surface area (Å²) in [6, 6.07) is 1.61. The van der Waals surface area contributed by atoms with Crippen molar-refractivity contribution in [3.63, 3.8) is 0 Å². The highest BCUT2D eigenvalue weighted by Gasteiger charge is 1.84. The molecule has 1 rings (SSSR count). The van der Waals surface area contributed by atoms with Gasteiger partial charge in [0.15, 0.2) is 0 Å². The lowest BCUT2D eigenvalue weighted by molar-refractivity contribution is 0.605. The van der Waals surface area contributed by atoms with E-state index in [1.807, 2.05) is 0 Å². The van der Waals surface area contributed by atoms with E-state index in [-0.39, 0.29) is 5.95 Å². The summed E-state index contributed by atoms with van der Waals surface area (Å²) in [4.78, 5) is 7.00. The minimum atomic E-state index is -0.00694. The topological polar surface area (TPSA) is 37.8 Å². The van der Waals surface area contributed by atoms with Crippen LogP contribution in [-0.4, -0.2) is 9.97 Å². The van der Waals surface area contributed by atoms with Gasteiger partial charge < -0.3 is 0 Å². The van der Waals surface area contributed by atoms with Crippen molar-refractivity contribution in [3.8, 4) is 0 Å². The van der Waals surface area contributed by atoms with Gasteiger partial charge in [-0.2, -0.15) is 5.54 Å². The number of aromatic nitrogens is 2. The molecule has 0 aliphatic heterocycles. The van der Waals surface area contributed by atoms with Crippen LogP contribution in [0.15, 0.2) is 18.5 Å². The highest BCUT2D eigenvalue weighted by molar-refractivity contribution is 5.16. The number of hydrogen-bond acceptors (Lipinski definition) is 3. The Morgan fingerprint density at radius 1 is 1.38 bits per heavy atom. The van der Waals surface area contributed by atoms with Crippen molar-refractivity contribution in [3.05, 3.63) is 18.5 Å². The van der Waals surface area contributed by atoms with E-state index in [0.29, 0.717) is 0 Å². The first-order chi connectivity index (χ1) is 3.93. The fraction of sp³-hybridized carbons (Fsp3) is 0. The second-order valence-electron chi connectivity index (χ2n) is 1.17. The van der Waals surface area contributed by atoms with Gasteiger partial charge in [-0.3, -0.25) is 0 Å². The Morgan fingerprint density at radius 3 is 2.38 bits per heavy atom. The van der Waals surface area contributed by atoms with E-state index >= 15 is 0 Å². The summed E-state index contributed by atoms with van der Waals surface area (Å²) in [6.07, 6.45) is 2.91. The maximum absolute atomic E-state index is 11.4. The molecule has 1 aromatic heterocycles. The average molecular weight is 113 g/mol. The van der Waals surface area contributed by atoms with Crippen molar-refractivity contribution in [1.82, 2.24) is 9.97 Å². The van der Waals surface area contributed by atoms with Crippen LogP contribution in [0.4, 0.5) is 10.4 Å². The van der Waals surface area contributed by atoms with Crippen molar-refractivity contribution in [2.24, 2.45) is 0 Å². The van der Waals surface area contributed by atoms with Gasteiger partial charge in [0.05, 0.1) is 0 Å². The van der Waals surface area contributed by atoms with Crippen molar-refractivity contribution < 1.29 is 4.48 Å². The maximum Gasteiger partial charge on any atom is 0.251 e. The van der Waals surface area contributed by atoms with Crippen molar-refractivity contribution in [2.45, 2.75) is 0 Å². The molecular weight excluding hydrogens is 109 g/mol. The van der Waals surface area contributed by atoms with Gasteiger partial charge in [0, 0.05) is 12.4 Å². The second-order valence-corrected chi connectivity index (χ2v) is 1.17. The zero-order valence-corrected chi connectivity index (χ0v) is 4.00. The van der Waals surface area contributed by atoms with Crippen LogP contribution in [0, 0.1) is 0 Å². The van der Waals surface area contributed by atoms with Gasteiger partial charge >= 0.3 is 0 Å². The van der Waals surface area contributed by atoms with Crippen LogP contribution in [0.5, 0.6) is 0 Å². The van der Waals surface area contributed by atoms with Crippen LogP contribution >= 0.6 is 0 Å². The van der Waals surface area contributed by atoms with E-state index in [1.54, 1.807) is 6.07 Å². The fourth-order valence-electron chi connectivity index (χ4n) is 0.348. The number of halogens is 1. The number of hydrogen-bond donors (Lipinski definition) is 1. The van der Waals surface area contributed by atoms with Crippen molar-refractivity contribution in [2.75, 3.05) is 5.54 Å². The number of anilines is 1. The summed E-state index contributed by atoms with van der Waals surface area (Å²) >= 11 is 0. The molecule has 1 aromatic rings. The molecule has 8 heavy (non-hydrogen) atoms. The summed E-state index contributed by atoms with van der Waals surface area (Å²) in [6.45, 7) is 0. The first-order valence-corrected chi connectivity index (χ1v) is 2.07. The van der Waals surface area contributed by atoms with Crippen LogP contribution < -0.4 is 5.54 Å². The second kappa shape index (κ2) is 2.20. The lowest BCUT2D eigenvalue weighted by atomic mass is 10.7. The monoisotopic (exact) mass is 113 g/mol. The minimum Gasteiger partial charge on any atom is -0.220 e. The molecule has 0 saturated carbocycles. The third-order valence-corrected chi connectivity index (χ3v) is 0.650. The van der Waals surface area contributed by atoms with Crippen molar-refractivity contribution in [1.29, 1.82) is 0 Å². The highest BCUT2D eigenvalue weighted by atomic mass is 19.2. The smallest absolute Gasteiger partial charge is 0.220 e. The Hall–Kier alpha value is -1.19. The Bertz CT molecular complexity index is 153. The molecule has 3 nitrogen and oxygen atoms in total. The Kier molecular flexibility index (Phi) is 1.37. The van der Waals surface area contributed by atoms with E-state index in [9.17, 15) is 4.48 Å². The van der Waals surface area contributed by atoms with E-state index < -0.39 is 0 Å². The van der Waals surface area contributed by atoms with Gasteiger partial charge in [-0.05, 0) is 6.07 Å². The summed E-state index contributed by atoms with van der Waals surface area (Å²) in [5.74, 6) is -0.00694. The lowest BCUT2D eigenvalue weighted by Gasteiger charge is -1.87. The van der Waals surface area contributed by atoms with Gasteiger partial charge in [0.25, 0.3) is 5.95 Å². The van der Waals surface area contributed by atoms with Gasteiger partial charge in [0.2, 0.25) is 0 Å². The summed E-state index contributed by atoms with van der Waals surface area (Å²) in [7, 11) is 0. The molecule has 0 unspecified atom stereocenters. The average Bonchev–Trinajstić information content (AvgIpc) is 1.90. The zero-order chi connectivity index (χ0) is 5.82.